The summed E-state index contributed by atoms with van der Waals surface area (Å²) in [5.41, 5.74) is 4.18. The second-order valence-corrected chi connectivity index (χ2v) is 8.08. The molecule has 1 aromatic heterocycles. The molecular formula is C22H31N3O2S. The summed E-state index contributed by atoms with van der Waals surface area (Å²) in [5.74, 6) is 1.46. The molecule has 0 saturated heterocycles. The van der Waals surface area contributed by atoms with E-state index >= 15 is 0 Å². The van der Waals surface area contributed by atoms with Gasteiger partial charge in [-0.1, -0.05) is 37.7 Å². The molecule has 0 radical (unpaired) electrons. The summed E-state index contributed by atoms with van der Waals surface area (Å²) >= 11 is 1.53. The van der Waals surface area contributed by atoms with Crippen LogP contribution < -0.4 is 10.1 Å². The summed E-state index contributed by atoms with van der Waals surface area (Å²) in [6.07, 6.45) is 3.89. The van der Waals surface area contributed by atoms with Crippen LogP contribution in [0.3, 0.4) is 0 Å². The molecule has 0 fully saturated rings. The summed E-state index contributed by atoms with van der Waals surface area (Å²) in [6, 6.07) is 8.09. The number of thioether (sulfide) groups is 1. The molecule has 6 heteroatoms. The standard InChI is InChI=1S/C22H31N3O2S/c1-15(2)14-27-19-8-6-18(7-9-19)12-13-23-21(26)11-10-20-16(3)24-22(28-5)25-17(20)4/h6-9,15H,10-14H2,1-5H3,(H,23,26). The summed E-state index contributed by atoms with van der Waals surface area (Å²) < 4.78 is 5.69. The zero-order valence-corrected chi connectivity index (χ0v) is 18.4. The highest BCUT2D eigenvalue weighted by Crippen LogP contribution is 2.17. The zero-order valence-electron chi connectivity index (χ0n) is 17.5. The number of carbonyl (C=O) groups is 1. The Labute approximate surface area is 172 Å². The smallest absolute Gasteiger partial charge is 0.220 e. The topological polar surface area (TPSA) is 64.1 Å². The van der Waals surface area contributed by atoms with Crippen LogP contribution in [0, 0.1) is 19.8 Å². The third-order valence-electron chi connectivity index (χ3n) is 4.43. The normalized spacial score (nSPS) is 10.9. The third kappa shape index (κ3) is 7.15. The van der Waals surface area contributed by atoms with Gasteiger partial charge in [-0.15, -0.1) is 0 Å². The van der Waals surface area contributed by atoms with Crippen LogP contribution in [-0.4, -0.2) is 35.3 Å². The molecule has 0 atom stereocenters. The minimum absolute atomic E-state index is 0.0598. The molecule has 1 aromatic carbocycles. The van der Waals surface area contributed by atoms with Gasteiger partial charge in [0.05, 0.1) is 6.61 Å². The van der Waals surface area contributed by atoms with Crippen molar-refractivity contribution < 1.29 is 9.53 Å². The summed E-state index contributed by atoms with van der Waals surface area (Å²) in [7, 11) is 0. The lowest BCUT2D eigenvalue weighted by atomic mass is 10.1. The maximum Gasteiger partial charge on any atom is 0.220 e. The maximum atomic E-state index is 12.2. The van der Waals surface area contributed by atoms with E-state index in [2.05, 4.69) is 41.3 Å². The van der Waals surface area contributed by atoms with Gasteiger partial charge in [0.1, 0.15) is 5.75 Å². The van der Waals surface area contributed by atoms with Crippen LogP contribution in [0.25, 0.3) is 0 Å². The first-order valence-corrected chi connectivity index (χ1v) is 11.0. The summed E-state index contributed by atoms with van der Waals surface area (Å²) in [6.45, 7) is 9.58. The number of nitrogens with one attached hydrogen (secondary N) is 1. The van der Waals surface area contributed by atoms with E-state index in [0.717, 1.165) is 40.9 Å². The monoisotopic (exact) mass is 401 g/mol. The second kappa shape index (κ2) is 11.1. The number of ether oxygens (including phenoxy) is 1. The van der Waals surface area contributed by atoms with E-state index in [4.69, 9.17) is 4.74 Å². The Hall–Kier alpha value is -2.08. The van der Waals surface area contributed by atoms with Crippen molar-refractivity contribution in [2.45, 2.75) is 52.1 Å². The van der Waals surface area contributed by atoms with Gasteiger partial charge in [-0.2, -0.15) is 0 Å². The first kappa shape index (κ1) is 22.2. The number of hydrogen-bond acceptors (Lipinski definition) is 5. The SMILES string of the molecule is CSc1nc(C)c(CCC(=O)NCCc2ccc(OCC(C)C)cc2)c(C)n1. The van der Waals surface area contributed by atoms with Crippen molar-refractivity contribution >= 4 is 17.7 Å². The number of aryl methyl sites for hydroxylation is 2. The molecular weight excluding hydrogens is 370 g/mol. The first-order chi connectivity index (χ1) is 13.4. The van der Waals surface area contributed by atoms with Gasteiger partial charge in [0.2, 0.25) is 5.91 Å². The summed E-state index contributed by atoms with van der Waals surface area (Å²) in [4.78, 5) is 21.1. The highest BCUT2D eigenvalue weighted by atomic mass is 32.2. The van der Waals surface area contributed by atoms with E-state index in [9.17, 15) is 4.79 Å². The van der Waals surface area contributed by atoms with Crippen molar-refractivity contribution in [2.24, 2.45) is 5.92 Å². The van der Waals surface area contributed by atoms with Crippen molar-refractivity contribution in [1.82, 2.24) is 15.3 Å². The van der Waals surface area contributed by atoms with E-state index in [1.165, 1.54) is 17.3 Å². The minimum atomic E-state index is 0.0598. The highest BCUT2D eigenvalue weighted by Gasteiger charge is 2.10. The van der Waals surface area contributed by atoms with E-state index in [-0.39, 0.29) is 5.91 Å². The van der Waals surface area contributed by atoms with Crippen LogP contribution >= 0.6 is 11.8 Å². The predicted molar refractivity (Wildman–Crippen MR) is 115 cm³/mol. The lowest BCUT2D eigenvalue weighted by molar-refractivity contribution is -0.121. The number of aromatic nitrogens is 2. The van der Waals surface area contributed by atoms with Crippen molar-refractivity contribution in [3.8, 4) is 5.75 Å². The number of hydrogen-bond donors (Lipinski definition) is 1. The molecule has 152 valence electrons. The van der Waals surface area contributed by atoms with Gasteiger partial charge in [-0.25, -0.2) is 9.97 Å². The predicted octanol–water partition coefficient (Wildman–Crippen LogP) is 4.14. The number of carbonyl (C=O) groups excluding carboxylic acids is 1. The molecule has 0 spiro atoms. The summed E-state index contributed by atoms with van der Waals surface area (Å²) in [5, 5.41) is 3.78. The quantitative estimate of drug-likeness (QED) is 0.479. The van der Waals surface area contributed by atoms with Gasteiger partial charge in [0.25, 0.3) is 0 Å². The third-order valence-corrected chi connectivity index (χ3v) is 4.98. The molecule has 1 N–H and O–H groups in total. The lowest BCUT2D eigenvalue weighted by Crippen LogP contribution is -2.26. The Morgan fingerprint density at radius 3 is 2.32 bits per heavy atom. The molecule has 2 rings (SSSR count). The van der Waals surface area contributed by atoms with E-state index in [0.29, 0.717) is 25.3 Å². The first-order valence-electron chi connectivity index (χ1n) is 9.75. The van der Waals surface area contributed by atoms with E-state index in [1.807, 2.05) is 32.2 Å². The van der Waals surface area contributed by atoms with Gasteiger partial charge in [-0.3, -0.25) is 4.79 Å². The Morgan fingerprint density at radius 1 is 1.11 bits per heavy atom. The van der Waals surface area contributed by atoms with Crippen LogP contribution in [0.4, 0.5) is 0 Å². The molecule has 1 heterocycles. The number of benzene rings is 1. The van der Waals surface area contributed by atoms with Crippen LogP contribution in [0.15, 0.2) is 29.4 Å². The van der Waals surface area contributed by atoms with E-state index in [1.54, 1.807) is 0 Å². The average molecular weight is 402 g/mol. The molecule has 0 aliphatic heterocycles. The van der Waals surface area contributed by atoms with Crippen molar-refractivity contribution in [3.05, 3.63) is 46.8 Å². The fraction of sp³-hybridized carbons (Fsp3) is 0.500. The Kier molecular flexibility index (Phi) is 8.77. The number of nitrogens with zero attached hydrogens (tertiary/aromatic N) is 2. The van der Waals surface area contributed by atoms with Crippen LogP contribution in [0.1, 0.15) is 42.8 Å². The minimum Gasteiger partial charge on any atom is -0.493 e. The Morgan fingerprint density at radius 2 is 1.75 bits per heavy atom. The fourth-order valence-electron chi connectivity index (χ4n) is 2.85. The van der Waals surface area contributed by atoms with Crippen LogP contribution in [0.5, 0.6) is 5.75 Å². The molecule has 0 unspecified atom stereocenters. The van der Waals surface area contributed by atoms with Crippen molar-refractivity contribution in [1.29, 1.82) is 0 Å². The fourth-order valence-corrected chi connectivity index (χ4v) is 3.31. The molecule has 2 aromatic rings. The van der Waals surface area contributed by atoms with Gasteiger partial charge in [-0.05, 0) is 62.1 Å². The Bertz CT molecular complexity index is 753. The molecule has 0 saturated carbocycles. The molecule has 1 amide bonds. The van der Waals surface area contributed by atoms with E-state index < -0.39 is 0 Å². The van der Waals surface area contributed by atoms with Gasteiger partial charge < -0.3 is 10.1 Å². The van der Waals surface area contributed by atoms with Gasteiger partial charge in [0, 0.05) is 24.4 Å². The molecule has 5 nitrogen and oxygen atoms in total. The molecule has 0 bridgehead atoms. The van der Waals surface area contributed by atoms with Crippen molar-refractivity contribution in [2.75, 3.05) is 19.4 Å². The molecule has 28 heavy (non-hydrogen) atoms. The number of rotatable bonds is 10. The molecule has 0 aliphatic rings. The highest BCUT2D eigenvalue weighted by molar-refractivity contribution is 7.98. The second-order valence-electron chi connectivity index (χ2n) is 7.31. The Balaban J connectivity index is 1.74. The largest absolute Gasteiger partial charge is 0.493 e. The molecule has 0 aliphatic carbocycles. The van der Waals surface area contributed by atoms with Crippen molar-refractivity contribution in [3.63, 3.8) is 0 Å². The van der Waals surface area contributed by atoms with Gasteiger partial charge >= 0.3 is 0 Å². The average Bonchev–Trinajstić information content (AvgIpc) is 2.66. The van der Waals surface area contributed by atoms with Gasteiger partial charge in [0.15, 0.2) is 5.16 Å². The van der Waals surface area contributed by atoms with Crippen LogP contribution in [0.2, 0.25) is 0 Å². The maximum absolute atomic E-state index is 12.2. The lowest BCUT2D eigenvalue weighted by Gasteiger charge is -2.11. The zero-order chi connectivity index (χ0) is 20.5. The van der Waals surface area contributed by atoms with Crippen LogP contribution in [-0.2, 0) is 17.6 Å². The number of amides is 1.